The first-order chi connectivity index (χ1) is 0. The van der Waals surface area contributed by atoms with Crippen LogP contribution in [0.5, 0.6) is 0 Å². The third-order valence-corrected chi connectivity index (χ3v) is 0. The maximum Gasteiger partial charge on any atom is 0 e. The van der Waals surface area contributed by atoms with Gasteiger partial charge in [-0.3, -0.25) is 0 Å². The van der Waals surface area contributed by atoms with Gasteiger partial charge in [0.1, 0.15) is 0 Å². The quantitative estimate of drug-likeness (QED) is 0.328. The van der Waals surface area contributed by atoms with Crippen molar-refractivity contribution >= 4 is 0 Å². The van der Waals surface area contributed by atoms with E-state index in [4.69, 9.17) is 0 Å². The molecule has 0 rings (SSSR count). The molecule has 0 aliphatic heterocycles. The Kier molecular flexibility index (Phi) is 321. The van der Waals surface area contributed by atoms with Gasteiger partial charge in [-0.05, 0) is 0 Å². The largest absolute Gasteiger partial charge is 1.00 e. The van der Waals surface area contributed by atoms with Crippen molar-refractivity contribution in [2.24, 2.45) is 0 Å². The van der Waals surface area contributed by atoms with Crippen molar-refractivity contribution in [1.82, 2.24) is 0 Å². The number of halogens is 3. The van der Waals surface area contributed by atoms with Crippen molar-refractivity contribution in [3.8, 4) is 0 Å². The number of rotatable bonds is 0. The predicted octanol–water partition coefficient (Wildman–Crippen LogP) is -8.99. The number of hydrogen-bond donors (Lipinski definition) is 0. The maximum atomic E-state index is 0. The fourth-order valence-electron chi connectivity index (χ4n) is 0. The van der Waals surface area contributed by atoms with Crippen LogP contribution in [0.1, 0.15) is 0 Å². The van der Waals surface area contributed by atoms with E-state index in [0.29, 0.717) is 0 Å². The summed E-state index contributed by atoms with van der Waals surface area (Å²) in [6.45, 7) is 0. The molecule has 0 aromatic heterocycles. The second-order valence-corrected chi connectivity index (χ2v) is 0. The molecule has 0 aliphatic carbocycles. The molecule has 0 aromatic carbocycles. The average Bonchev–Trinajstić information content (AvgIpc) is 0. The van der Waals surface area contributed by atoms with E-state index in [1.54, 1.807) is 0 Å². The summed E-state index contributed by atoms with van der Waals surface area (Å²) >= 11 is 0. The third kappa shape index (κ3) is 9.84. The number of hydrogen-bond acceptors (Lipinski definition) is 0. The van der Waals surface area contributed by atoms with E-state index in [1.807, 2.05) is 0 Å². The molecule has 29 valence electrons. The van der Waals surface area contributed by atoms with Crippen molar-refractivity contribution in [1.29, 1.82) is 0 Å². The Bertz CT molecular complexity index is 3.25. The van der Waals surface area contributed by atoms with Gasteiger partial charge in [0.05, 0.1) is 0 Å². The first-order valence-corrected chi connectivity index (χ1v) is 0. The van der Waals surface area contributed by atoms with Crippen molar-refractivity contribution < 1.29 is 55.8 Å². The molecule has 0 bridgehead atoms. The topological polar surface area (TPSA) is 0 Å². The van der Waals surface area contributed by atoms with E-state index in [2.05, 4.69) is 0 Å². The van der Waals surface area contributed by atoms with Gasteiger partial charge in [0.15, 0.2) is 0 Å². The molecule has 1 radical (unpaired) electrons. The van der Waals surface area contributed by atoms with Crippen LogP contribution in [-0.4, -0.2) is 0 Å². The Hall–Kier alpha value is 1.45. The van der Waals surface area contributed by atoms with E-state index < -0.39 is 0 Å². The van der Waals surface area contributed by atoms with E-state index >= 15 is 0 Å². The van der Waals surface area contributed by atoms with Crippen LogP contribution >= 0.6 is 0 Å². The van der Waals surface area contributed by atoms with Gasteiger partial charge in [0.25, 0.3) is 0 Å². The molecule has 0 spiro atoms. The van der Waals surface area contributed by atoms with Crippen LogP contribution in [-0.2, 0) is 18.6 Å². The summed E-state index contributed by atoms with van der Waals surface area (Å²) in [7, 11) is 0. The van der Waals surface area contributed by atoms with Crippen LogP contribution in [0.15, 0.2) is 0 Å². The second-order valence-electron chi connectivity index (χ2n) is 0. The minimum Gasteiger partial charge on any atom is -1.00 e. The second kappa shape index (κ2) is 25.1. The zero-order valence-electron chi connectivity index (χ0n) is 1.58. The Morgan fingerprint density at radius 1 is 0.500 bits per heavy atom. The van der Waals surface area contributed by atoms with Gasteiger partial charge < -0.3 is 37.2 Å². The Labute approximate surface area is 55.8 Å². The third-order valence-electron chi connectivity index (χ3n) is 0. The molecule has 4 heavy (non-hydrogen) atoms. The molecule has 0 saturated carbocycles. The van der Waals surface area contributed by atoms with Gasteiger partial charge in [-0.15, -0.1) is 0 Å². The molecular formula is Cl3V-3. The van der Waals surface area contributed by atoms with Crippen LogP contribution < -0.4 is 37.2 Å². The summed E-state index contributed by atoms with van der Waals surface area (Å²) in [4.78, 5) is 0. The average molecular weight is 157 g/mol. The molecule has 4 heteroatoms. The first-order valence-electron chi connectivity index (χ1n) is 0. The van der Waals surface area contributed by atoms with Gasteiger partial charge in [0, 0.05) is 18.6 Å². The van der Waals surface area contributed by atoms with E-state index in [9.17, 15) is 0 Å². The van der Waals surface area contributed by atoms with E-state index in [1.165, 1.54) is 0 Å². The fourth-order valence-corrected chi connectivity index (χ4v) is 0. The van der Waals surface area contributed by atoms with E-state index in [-0.39, 0.29) is 55.8 Å². The summed E-state index contributed by atoms with van der Waals surface area (Å²) in [5, 5.41) is 0. The van der Waals surface area contributed by atoms with Gasteiger partial charge in [0.2, 0.25) is 0 Å². The van der Waals surface area contributed by atoms with Crippen LogP contribution in [0.2, 0.25) is 0 Å². The van der Waals surface area contributed by atoms with E-state index in [0.717, 1.165) is 0 Å². The molecule has 0 amide bonds. The molecule has 0 aromatic rings. The molecule has 0 atom stereocenters. The zero-order chi connectivity index (χ0) is 0. The van der Waals surface area contributed by atoms with Gasteiger partial charge >= 0.3 is 0 Å². The molecule has 0 unspecified atom stereocenters. The molecule has 0 saturated heterocycles. The van der Waals surface area contributed by atoms with Crippen molar-refractivity contribution in [2.75, 3.05) is 0 Å². The normalized spacial score (nSPS) is 0. The SMILES string of the molecule is [Cl-].[Cl-].[Cl-].[V]. The van der Waals surface area contributed by atoms with Gasteiger partial charge in [-0.25, -0.2) is 0 Å². The van der Waals surface area contributed by atoms with Gasteiger partial charge in [-0.1, -0.05) is 0 Å². The minimum absolute atomic E-state index is 0. The Morgan fingerprint density at radius 3 is 0.500 bits per heavy atom. The molecule has 0 heterocycles. The smallest absolute Gasteiger partial charge is 0 e. The molecule has 0 aliphatic rings. The summed E-state index contributed by atoms with van der Waals surface area (Å²) in [6, 6.07) is 0. The van der Waals surface area contributed by atoms with Crippen molar-refractivity contribution in [2.45, 2.75) is 0 Å². The van der Waals surface area contributed by atoms with Crippen LogP contribution in [0.25, 0.3) is 0 Å². The summed E-state index contributed by atoms with van der Waals surface area (Å²) in [5.41, 5.74) is 0. The Balaban J connectivity index is 0. The summed E-state index contributed by atoms with van der Waals surface area (Å²) in [5.74, 6) is 0. The molecular weight excluding hydrogens is 157 g/mol. The monoisotopic (exact) mass is 156 g/mol. The summed E-state index contributed by atoms with van der Waals surface area (Å²) in [6.07, 6.45) is 0. The van der Waals surface area contributed by atoms with Crippen LogP contribution in [0.3, 0.4) is 0 Å². The van der Waals surface area contributed by atoms with Crippen LogP contribution in [0.4, 0.5) is 0 Å². The zero-order valence-corrected chi connectivity index (χ0v) is 5.25. The fraction of sp³-hybridized carbons (Fsp3) is 0. The molecule has 0 N–H and O–H groups in total. The van der Waals surface area contributed by atoms with Crippen molar-refractivity contribution in [3.05, 3.63) is 0 Å². The molecule has 0 nitrogen and oxygen atoms in total. The predicted molar refractivity (Wildman–Crippen MR) is 0 cm³/mol. The molecule has 0 fully saturated rings. The standard InChI is InChI=1S/3ClH.V/h3*1H;/p-3. The summed E-state index contributed by atoms with van der Waals surface area (Å²) < 4.78 is 0. The van der Waals surface area contributed by atoms with Gasteiger partial charge in [-0.2, -0.15) is 0 Å². The maximum absolute atomic E-state index is 0. The van der Waals surface area contributed by atoms with Crippen LogP contribution in [0, 0.1) is 0 Å². The Morgan fingerprint density at radius 2 is 0.500 bits per heavy atom. The first kappa shape index (κ1) is 51.2. The van der Waals surface area contributed by atoms with Crippen molar-refractivity contribution in [3.63, 3.8) is 0 Å². The minimum atomic E-state index is 0.